The van der Waals surface area contributed by atoms with Crippen molar-refractivity contribution in [3.63, 3.8) is 0 Å². The minimum absolute atomic E-state index is 0.104. The third kappa shape index (κ3) is 1.40. The number of aromatic nitrogens is 1. The summed E-state index contributed by atoms with van der Waals surface area (Å²) >= 11 is 5.59. The molecule has 0 spiro atoms. The van der Waals surface area contributed by atoms with Gasteiger partial charge in [0.05, 0.1) is 12.8 Å². The quantitative estimate of drug-likeness (QED) is 0.635. The Kier molecular flexibility index (Phi) is 2.03. The molecule has 0 aliphatic carbocycles. The van der Waals surface area contributed by atoms with Gasteiger partial charge >= 0.3 is 0 Å². The molecule has 0 aliphatic rings. The van der Waals surface area contributed by atoms with Crippen molar-refractivity contribution < 1.29 is 5.11 Å². The second-order valence-electron chi connectivity index (χ2n) is 1.54. The molecule has 1 rings (SSSR count). The Labute approximate surface area is 58.1 Å². The SMILES string of the molecule is OCc1[c]nccc1Cl. The lowest BCUT2D eigenvalue weighted by molar-refractivity contribution is 0.281. The van der Waals surface area contributed by atoms with Gasteiger partial charge in [0.15, 0.2) is 0 Å². The molecule has 1 N–H and O–H groups in total. The molecule has 0 atom stereocenters. The summed E-state index contributed by atoms with van der Waals surface area (Å²) in [7, 11) is 0. The fourth-order valence-electron chi connectivity index (χ4n) is 0.483. The molecule has 0 aliphatic heterocycles. The topological polar surface area (TPSA) is 33.1 Å². The van der Waals surface area contributed by atoms with Crippen LogP contribution in [-0.2, 0) is 6.61 Å². The number of halogens is 1. The lowest BCUT2D eigenvalue weighted by atomic mass is 10.3. The Hall–Kier alpha value is -0.600. The molecule has 1 heterocycles. The second-order valence-corrected chi connectivity index (χ2v) is 1.95. The summed E-state index contributed by atoms with van der Waals surface area (Å²) in [4.78, 5) is 3.65. The van der Waals surface area contributed by atoms with E-state index in [9.17, 15) is 0 Å². The first-order chi connectivity index (χ1) is 4.34. The molecule has 0 unspecified atom stereocenters. The standard InChI is InChI=1S/C6H5ClNO/c7-6-1-2-8-3-5(6)4-9/h1-2,9H,4H2. The van der Waals surface area contributed by atoms with Gasteiger partial charge in [0.1, 0.15) is 0 Å². The van der Waals surface area contributed by atoms with Crippen molar-refractivity contribution >= 4 is 11.6 Å². The third-order valence-corrected chi connectivity index (χ3v) is 1.30. The van der Waals surface area contributed by atoms with Crippen LogP contribution in [0.1, 0.15) is 5.56 Å². The first kappa shape index (κ1) is 6.52. The van der Waals surface area contributed by atoms with Crippen molar-refractivity contribution in [1.29, 1.82) is 0 Å². The van der Waals surface area contributed by atoms with Crippen LogP contribution in [0, 0.1) is 6.20 Å². The van der Waals surface area contributed by atoms with Crippen LogP contribution in [-0.4, -0.2) is 10.1 Å². The van der Waals surface area contributed by atoms with Crippen molar-refractivity contribution in [1.82, 2.24) is 4.98 Å². The highest BCUT2D eigenvalue weighted by Gasteiger charge is 1.95. The zero-order chi connectivity index (χ0) is 6.69. The number of hydrogen-bond acceptors (Lipinski definition) is 2. The van der Waals surface area contributed by atoms with Gasteiger partial charge in [0, 0.05) is 16.8 Å². The van der Waals surface area contributed by atoms with Gasteiger partial charge in [-0.2, -0.15) is 0 Å². The number of rotatable bonds is 1. The Morgan fingerprint density at radius 1 is 1.78 bits per heavy atom. The van der Waals surface area contributed by atoms with Crippen molar-refractivity contribution in [3.8, 4) is 0 Å². The molecule has 1 aromatic rings. The maximum atomic E-state index is 8.56. The van der Waals surface area contributed by atoms with Gasteiger partial charge in [-0.3, -0.25) is 4.98 Å². The van der Waals surface area contributed by atoms with Crippen molar-refractivity contribution in [2.45, 2.75) is 6.61 Å². The Balaban J connectivity index is 3.01. The first-order valence-electron chi connectivity index (χ1n) is 2.46. The summed E-state index contributed by atoms with van der Waals surface area (Å²) in [6.07, 6.45) is 4.08. The van der Waals surface area contributed by atoms with E-state index < -0.39 is 0 Å². The van der Waals surface area contributed by atoms with E-state index in [1.165, 1.54) is 6.20 Å². The van der Waals surface area contributed by atoms with Gasteiger partial charge in [0.2, 0.25) is 0 Å². The minimum atomic E-state index is -0.104. The van der Waals surface area contributed by atoms with Crippen molar-refractivity contribution in [2.24, 2.45) is 0 Å². The van der Waals surface area contributed by atoms with Crippen LogP contribution in [0.25, 0.3) is 0 Å². The molecular formula is C6H5ClNO. The molecule has 0 bridgehead atoms. The van der Waals surface area contributed by atoms with E-state index in [0.717, 1.165) is 0 Å². The average Bonchev–Trinajstić information content (AvgIpc) is 1.89. The number of pyridine rings is 1. The molecule has 0 amide bonds. The van der Waals surface area contributed by atoms with E-state index in [4.69, 9.17) is 16.7 Å². The first-order valence-corrected chi connectivity index (χ1v) is 2.84. The Morgan fingerprint density at radius 3 is 3.00 bits per heavy atom. The summed E-state index contributed by atoms with van der Waals surface area (Å²) in [5.41, 5.74) is 0.541. The van der Waals surface area contributed by atoms with Crippen LogP contribution < -0.4 is 0 Å². The molecule has 2 nitrogen and oxygen atoms in total. The Morgan fingerprint density at radius 2 is 2.56 bits per heavy atom. The highest BCUT2D eigenvalue weighted by molar-refractivity contribution is 6.31. The van der Waals surface area contributed by atoms with Crippen LogP contribution in [0.2, 0.25) is 5.02 Å². The molecule has 47 valence electrons. The van der Waals surface area contributed by atoms with Crippen molar-refractivity contribution in [2.75, 3.05) is 0 Å². The summed E-state index contributed by atoms with van der Waals surface area (Å²) in [5.74, 6) is 0. The fourth-order valence-corrected chi connectivity index (χ4v) is 0.641. The summed E-state index contributed by atoms with van der Waals surface area (Å²) < 4.78 is 0. The van der Waals surface area contributed by atoms with E-state index in [2.05, 4.69) is 11.2 Å². The summed E-state index contributed by atoms with van der Waals surface area (Å²) in [5, 5.41) is 9.07. The zero-order valence-electron chi connectivity index (χ0n) is 4.63. The predicted octanol–water partition coefficient (Wildman–Crippen LogP) is 1.03. The normalized spacial score (nSPS) is 9.56. The van der Waals surface area contributed by atoms with E-state index >= 15 is 0 Å². The lowest BCUT2D eigenvalue weighted by Gasteiger charge is -1.93. The highest BCUT2D eigenvalue weighted by atomic mass is 35.5. The predicted molar refractivity (Wildman–Crippen MR) is 34.0 cm³/mol. The maximum absolute atomic E-state index is 8.56. The molecule has 0 saturated heterocycles. The van der Waals surface area contributed by atoms with Gasteiger partial charge < -0.3 is 5.11 Å². The third-order valence-electron chi connectivity index (χ3n) is 0.941. The van der Waals surface area contributed by atoms with Crippen molar-refractivity contribution in [3.05, 3.63) is 29.0 Å². The monoisotopic (exact) mass is 142 g/mol. The molecule has 1 aromatic heterocycles. The largest absolute Gasteiger partial charge is 0.392 e. The summed E-state index contributed by atoms with van der Waals surface area (Å²) in [6.45, 7) is -0.104. The average molecular weight is 143 g/mol. The minimum Gasteiger partial charge on any atom is -0.392 e. The van der Waals surface area contributed by atoms with Gasteiger partial charge in [-0.1, -0.05) is 11.6 Å². The van der Waals surface area contributed by atoms with Crippen LogP contribution in [0.5, 0.6) is 0 Å². The van der Waals surface area contributed by atoms with E-state index in [0.29, 0.717) is 10.6 Å². The molecule has 0 saturated carbocycles. The molecule has 3 heteroatoms. The van der Waals surface area contributed by atoms with E-state index in [-0.39, 0.29) is 6.61 Å². The molecule has 0 fully saturated rings. The molecular weight excluding hydrogens is 138 g/mol. The van der Waals surface area contributed by atoms with Crippen LogP contribution in [0.3, 0.4) is 0 Å². The number of hydrogen-bond donors (Lipinski definition) is 1. The van der Waals surface area contributed by atoms with Gasteiger partial charge in [0.25, 0.3) is 0 Å². The lowest BCUT2D eigenvalue weighted by Crippen LogP contribution is -1.85. The zero-order valence-corrected chi connectivity index (χ0v) is 5.39. The fraction of sp³-hybridized carbons (Fsp3) is 0.167. The molecule has 1 radical (unpaired) electrons. The van der Waals surface area contributed by atoms with Gasteiger partial charge in [-0.05, 0) is 6.07 Å². The van der Waals surface area contributed by atoms with Crippen LogP contribution in [0.4, 0.5) is 0 Å². The number of aliphatic hydroxyl groups excluding tert-OH is 1. The van der Waals surface area contributed by atoms with Crippen LogP contribution >= 0.6 is 11.6 Å². The number of nitrogens with zero attached hydrogens (tertiary/aromatic N) is 1. The smallest absolute Gasteiger partial charge is 0.0960 e. The highest BCUT2D eigenvalue weighted by Crippen LogP contribution is 2.11. The molecule has 0 aromatic carbocycles. The van der Waals surface area contributed by atoms with E-state index in [1.807, 2.05) is 0 Å². The maximum Gasteiger partial charge on any atom is 0.0960 e. The molecule has 9 heavy (non-hydrogen) atoms. The summed E-state index contributed by atoms with van der Waals surface area (Å²) in [6, 6.07) is 1.61. The Bertz CT molecular complexity index is 202. The number of aliphatic hydroxyl groups is 1. The van der Waals surface area contributed by atoms with Gasteiger partial charge in [-0.15, -0.1) is 0 Å². The van der Waals surface area contributed by atoms with Gasteiger partial charge in [-0.25, -0.2) is 0 Å². The van der Waals surface area contributed by atoms with Crippen LogP contribution in [0.15, 0.2) is 12.3 Å². The second kappa shape index (κ2) is 2.80. The van der Waals surface area contributed by atoms with E-state index in [1.54, 1.807) is 6.07 Å².